The Bertz CT molecular complexity index is 870. The van der Waals surface area contributed by atoms with E-state index in [1.807, 2.05) is 51.1 Å². The number of nitrogens with zero attached hydrogens (tertiary/aromatic N) is 2. The fourth-order valence-corrected chi connectivity index (χ4v) is 4.45. The van der Waals surface area contributed by atoms with Crippen LogP contribution in [0, 0.1) is 13.8 Å². The molecule has 1 aromatic heterocycles. The summed E-state index contributed by atoms with van der Waals surface area (Å²) in [5, 5.41) is 0.697. The fourth-order valence-electron chi connectivity index (χ4n) is 2.85. The number of halogens is 1. The van der Waals surface area contributed by atoms with Crippen molar-refractivity contribution in [3.05, 3.63) is 57.2 Å². The molecule has 124 valence electrons. The van der Waals surface area contributed by atoms with Crippen molar-refractivity contribution in [1.82, 2.24) is 9.47 Å². The lowest BCUT2D eigenvalue weighted by Gasteiger charge is -2.11. The Morgan fingerprint density at radius 2 is 2.00 bits per heavy atom. The maximum atomic E-state index is 12.4. The number of aryl methyl sites for hydroxylation is 1. The molecule has 24 heavy (non-hydrogen) atoms. The van der Waals surface area contributed by atoms with Crippen molar-refractivity contribution < 1.29 is 4.79 Å². The normalized spacial score (nSPS) is 16.5. The first-order valence-corrected chi connectivity index (χ1v) is 9.23. The molecule has 0 unspecified atom stereocenters. The Kier molecular flexibility index (Phi) is 4.85. The van der Waals surface area contributed by atoms with Crippen LogP contribution in [0.1, 0.15) is 23.9 Å². The van der Waals surface area contributed by atoms with Gasteiger partial charge in [0.05, 0.1) is 15.6 Å². The second kappa shape index (κ2) is 6.75. The van der Waals surface area contributed by atoms with Gasteiger partial charge < -0.3 is 4.57 Å². The van der Waals surface area contributed by atoms with Crippen molar-refractivity contribution in [2.75, 3.05) is 6.54 Å². The molecule has 1 saturated heterocycles. The number of rotatable bonds is 3. The summed E-state index contributed by atoms with van der Waals surface area (Å²) in [7, 11) is 0. The maximum Gasteiger partial charge on any atom is 0.266 e. The number of hydrogen-bond acceptors (Lipinski definition) is 3. The molecule has 1 aliphatic heterocycles. The first kappa shape index (κ1) is 17.3. The highest BCUT2D eigenvalue weighted by atomic mass is 35.5. The number of hydrogen-bond donors (Lipinski definition) is 0. The lowest BCUT2D eigenvalue weighted by Crippen LogP contribution is -2.27. The molecule has 6 heteroatoms. The molecule has 3 rings (SSSR count). The molecule has 0 radical (unpaired) electrons. The van der Waals surface area contributed by atoms with Gasteiger partial charge in [-0.05, 0) is 50.6 Å². The molecule has 3 nitrogen and oxygen atoms in total. The Morgan fingerprint density at radius 1 is 1.29 bits per heavy atom. The average molecular weight is 377 g/mol. The van der Waals surface area contributed by atoms with E-state index < -0.39 is 0 Å². The molecule has 2 heterocycles. The third kappa shape index (κ3) is 2.92. The molecule has 0 N–H and O–H groups in total. The molecule has 0 saturated carbocycles. The maximum absolute atomic E-state index is 12.4. The van der Waals surface area contributed by atoms with Crippen LogP contribution in [0.25, 0.3) is 11.8 Å². The highest BCUT2D eigenvalue weighted by Crippen LogP contribution is 2.34. The van der Waals surface area contributed by atoms with Gasteiger partial charge in [0, 0.05) is 17.9 Å². The second-order valence-electron chi connectivity index (χ2n) is 5.54. The number of thioether (sulfide) groups is 1. The fraction of sp³-hybridized carbons (Fsp3) is 0.222. The summed E-state index contributed by atoms with van der Waals surface area (Å²) in [6.07, 6.45) is 1.92. The zero-order valence-corrected chi connectivity index (χ0v) is 16.1. The van der Waals surface area contributed by atoms with Crippen molar-refractivity contribution in [3.63, 3.8) is 0 Å². The van der Waals surface area contributed by atoms with E-state index in [4.69, 9.17) is 23.8 Å². The lowest BCUT2D eigenvalue weighted by atomic mass is 10.2. The Morgan fingerprint density at radius 3 is 2.62 bits per heavy atom. The average Bonchev–Trinajstić information content (AvgIpc) is 2.97. The van der Waals surface area contributed by atoms with Crippen LogP contribution in [0.3, 0.4) is 0 Å². The second-order valence-corrected chi connectivity index (χ2v) is 7.62. The monoisotopic (exact) mass is 376 g/mol. The summed E-state index contributed by atoms with van der Waals surface area (Å²) in [6.45, 7) is 6.59. The first-order valence-electron chi connectivity index (χ1n) is 7.63. The molecule has 1 amide bonds. The van der Waals surface area contributed by atoms with E-state index >= 15 is 0 Å². The van der Waals surface area contributed by atoms with Crippen LogP contribution in [0.4, 0.5) is 0 Å². The van der Waals surface area contributed by atoms with E-state index in [2.05, 4.69) is 10.6 Å². The quantitative estimate of drug-likeness (QED) is 0.558. The Labute approximate surface area is 156 Å². The summed E-state index contributed by atoms with van der Waals surface area (Å²) in [5.41, 5.74) is 4.05. The smallest absolute Gasteiger partial charge is 0.266 e. The van der Waals surface area contributed by atoms with Crippen molar-refractivity contribution in [1.29, 1.82) is 0 Å². The van der Waals surface area contributed by atoms with Crippen LogP contribution in [0.2, 0.25) is 5.02 Å². The predicted molar refractivity (Wildman–Crippen MR) is 106 cm³/mol. The van der Waals surface area contributed by atoms with Gasteiger partial charge in [0.25, 0.3) is 5.91 Å². The number of benzene rings is 1. The molecule has 0 spiro atoms. The molecule has 0 atom stereocenters. The highest BCUT2D eigenvalue weighted by Gasteiger charge is 2.30. The standard InChI is InChI=1S/C18H17ClN2OS2/c1-4-20-17(22)16(24-18(20)23)10-13-9-11(2)21(12(13)3)15-8-6-5-7-14(15)19/h5-10H,4H2,1-3H3. The van der Waals surface area contributed by atoms with Crippen LogP contribution in [-0.2, 0) is 4.79 Å². The van der Waals surface area contributed by atoms with E-state index in [0.717, 1.165) is 22.6 Å². The van der Waals surface area contributed by atoms with E-state index in [0.29, 0.717) is 20.8 Å². The Hall–Kier alpha value is -1.56. The van der Waals surface area contributed by atoms with Gasteiger partial charge in [-0.1, -0.05) is 47.7 Å². The van der Waals surface area contributed by atoms with Crippen molar-refractivity contribution in [3.8, 4) is 5.69 Å². The molecular formula is C18H17ClN2OS2. The van der Waals surface area contributed by atoms with Crippen LogP contribution in [0.15, 0.2) is 35.2 Å². The zero-order chi connectivity index (χ0) is 17.4. The third-order valence-corrected chi connectivity index (χ3v) is 5.74. The number of aromatic nitrogens is 1. The lowest BCUT2D eigenvalue weighted by molar-refractivity contribution is -0.121. The number of amides is 1. The number of likely N-dealkylation sites (N-methyl/N-ethyl adjacent to an activating group) is 1. The molecule has 1 aliphatic rings. The summed E-state index contributed by atoms with van der Waals surface area (Å²) < 4.78 is 2.73. The summed E-state index contributed by atoms with van der Waals surface area (Å²) in [6, 6.07) is 9.81. The van der Waals surface area contributed by atoms with Crippen molar-refractivity contribution in [2.45, 2.75) is 20.8 Å². The summed E-state index contributed by atoms with van der Waals surface area (Å²) in [5.74, 6) is -0.0185. The molecule has 1 aromatic carbocycles. The highest BCUT2D eigenvalue weighted by molar-refractivity contribution is 8.26. The minimum absolute atomic E-state index is 0.0185. The van der Waals surface area contributed by atoms with Gasteiger partial charge in [0.15, 0.2) is 0 Å². The Balaban J connectivity index is 2.05. The predicted octanol–water partition coefficient (Wildman–Crippen LogP) is 4.97. The first-order chi connectivity index (χ1) is 11.4. The van der Waals surface area contributed by atoms with Gasteiger partial charge in [0.1, 0.15) is 4.32 Å². The summed E-state index contributed by atoms with van der Waals surface area (Å²) in [4.78, 5) is 14.7. The van der Waals surface area contributed by atoms with Crippen LogP contribution >= 0.6 is 35.6 Å². The molecule has 1 fully saturated rings. The van der Waals surface area contributed by atoms with Gasteiger partial charge in [-0.2, -0.15) is 0 Å². The van der Waals surface area contributed by atoms with Gasteiger partial charge in [-0.25, -0.2) is 0 Å². The van der Waals surface area contributed by atoms with E-state index in [1.54, 1.807) is 4.90 Å². The minimum atomic E-state index is -0.0185. The van der Waals surface area contributed by atoms with Gasteiger partial charge >= 0.3 is 0 Å². The van der Waals surface area contributed by atoms with Gasteiger partial charge in [-0.3, -0.25) is 9.69 Å². The van der Waals surface area contributed by atoms with Gasteiger partial charge in [-0.15, -0.1) is 0 Å². The summed E-state index contributed by atoms with van der Waals surface area (Å²) >= 11 is 13.0. The molecular weight excluding hydrogens is 360 g/mol. The third-order valence-electron chi connectivity index (χ3n) is 4.04. The number of thiocarbonyl (C=S) groups is 1. The topological polar surface area (TPSA) is 25.2 Å². The van der Waals surface area contributed by atoms with Gasteiger partial charge in [0.2, 0.25) is 0 Å². The molecule has 2 aromatic rings. The van der Waals surface area contributed by atoms with E-state index in [1.165, 1.54) is 11.8 Å². The van der Waals surface area contributed by atoms with Crippen LogP contribution in [0.5, 0.6) is 0 Å². The molecule has 0 bridgehead atoms. The molecule has 0 aliphatic carbocycles. The van der Waals surface area contributed by atoms with E-state index in [9.17, 15) is 4.79 Å². The van der Waals surface area contributed by atoms with E-state index in [-0.39, 0.29) is 5.91 Å². The zero-order valence-electron chi connectivity index (χ0n) is 13.7. The SMILES string of the molecule is CCN1C(=O)C(=Cc2cc(C)n(-c3ccccc3Cl)c2C)SC1=S. The van der Waals surface area contributed by atoms with Crippen molar-refractivity contribution in [2.24, 2.45) is 0 Å². The minimum Gasteiger partial charge on any atom is -0.316 e. The number of carbonyl (C=O) groups excluding carboxylic acids is 1. The van der Waals surface area contributed by atoms with Crippen LogP contribution < -0.4 is 0 Å². The largest absolute Gasteiger partial charge is 0.316 e. The number of para-hydroxylation sites is 1. The van der Waals surface area contributed by atoms with Crippen LogP contribution in [-0.4, -0.2) is 26.2 Å². The number of carbonyl (C=O) groups is 1. The van der Waals surface area contributed by atoms with Crippen molar-refractivity contribution >= 4 is 51.9 Å².